The minimum Gasteiger partial charge on any atom is -0.373 e. The minimum absolute atomic E-state index is 0.568. The molecule has 5 heteroatoms. The molecule has 0 amide bonds. The number of nitrogens with one attached hydrogen (secondary N) is 1. The second kappa shape index (κ2) is 5.61. The summed E-state index contributed by atoms with van der Waals surface area (Å²) in [6, 6.07) is 2.02. The summed E-state index contributed by atoms with van der Waals surface area (Å²) in [5, 5.41) is 7.57. The largest absolute Gasteiger partial charge is 0.373 e. The maximum Gasteiger partial charge on any atom is 0.165 e. The summed E-state index contributed by atoms with van der Waals surface area (Å²) in [7, 11) is 3.83. The van der Waals surface area contributed by atoms with Crippen molar-refractivity contribution in [3.05, 3.63) is 23.1 Å². The van der Waals surface area contributed by atoms with E-state index in [1.165, 1.54) is 0 Å². The Labute approximate surface area is 120 Å². The first kappa shape index (κ1) is 14.5. The molecule has 0 aliphatic carbocycles. The van der Waals surface area contributed by atoms with Crippen LogP contribution in [0.3, 0.4) is 0 Å². The molecule has 0 aliphatic heterocycles. The lowest BCUT2D eigenvalue weighted by Crippen LogP contribution is -2.04. The number of hydrogen-bond acceptors (Lipinski definition) is 4. The van der Waals surface area contributed by atoms with Gasteiger partial charge in [-0.15, -0.1) is 0 Å². The van der Waals surface area contributed by atoms with Crippen LogP contribution in [0.25, 0.3) is 11.4 Å². The van der Waals surface area contributed by atoms with E-state index in [-0.39, 0.29) is 0 Å². The van der Waals surface area contributed by atoms with Gasteiger partial charge in [-0.2, -0.15) is 5.10 Å². The number of hydrogen-bond donors (Lipinski definition) is 1. The van der Waals surface area contributed by atoms with Crippen LogP contribution >= 0.6 is 0 Å². The van der Waals surface area contributed by atoms with E-state index < -0.39 is 0 Å². The van der Waals surface area contributed by atoms with Crippen molar-refractivity contribution >= 4 is 5.82 Å². The number of nitrogens with zero attached hydrogens (tertiary/aromatic N) is 4. The first-order valence-corrected chi connectivity index (χ1v) is 6.98. The lowest BCUT2D eigenvalue weighted by molar-refractivity contribution is 0.635. The molecule has 2 aromatic rings. The van der Waals surface area contributed by atoms with Gasteiger partial charge < -0.3 is 5.32 Å². The molecule has 0 fully saturated rings. The van der Waals surface area contributed by atoms with E-state index in [2.05, 4.69) is 29.2 Å². The minimum atomic E-state index is 0.568. The molecule has 0 saturated heterocycles. The Balaban J connectivity index is 2.55. The molecule has 2 aromatic heterocycles. The number of aromatic nitrogens is 4. The zero-order valence-corrected chi connectivity index (χ0v) is 13.2. The van der Waals surface area contributed by atoms with Crippen molar-refractivity contribution in [1.82, 2.24) is 19.7 Å². The number of rotatable bonds is 4. The Morgan fingerprint density at radius 2 is 1.95 bits per heavy atom. The fourth-order valence-electron chi connectivity index (χ4n) is 2.36. The van der Waals surface area contributed by atoms with Crippen LogP contribution in [0.2, 0.25) is 0 Å². The van der Waals surface area contributed by atoms with Gasteiger partial charge in [0.2, 0.25) is 0 Å². The Morgan fingerprint density at radius 3 is 2.45 bits per heavy atom. The van der Waals surface area contributed by atoms with Crippen molar-refractivity contribution in [2.24, 2.45) is 13.0 Å². The second-order valence-electron chi connectivity index (χ2n) is 5.59. The molecule has 5 nitrogen and oxygen atoms in total. The number of aryl methyl sites for hydroxylation is 2. The van der Waals surface area contributed by atoms with Gasteiger partial charge in [-0.1, -0.05) is 13.8 Å². The molecule has 0 spiro atoms. The molecule has 0 aromatic carbocycles. The van der Waals surface area contributed by atoms with Crippen LogP contribution in [0, 0.1) is 19.8 Å². The van der Waals surface area contributed by atoms with Gasteiger partial charge in [0.05, 0.1) is 11.3 Å². The molecule has 0 aliphatic rings. The van der Waals surface area contributed by atoms with Crippen LogP contribution in [0.4, 0.5) is 5.82 Å². The fourth-order valence-corrected chi connectivity index (χ4v) is 2.36. The van der Waals surface area contributed by atoms with Crippen LogP contribution in [0.5, 0.6) is 0 Å². The monoisotopic (exact) mass is 273 g/mol. The van der Waals surface area contributed by atoms with Crippen LogP contribution in [-0.2, 0) is 13.5 Å². The van der Waals surface area contributed by atoms with Crippen LogP contribution in [-0.4, -0.2) is 26.8 Å². The zero-order valence-electron chi connectivity index (χ0n) is 13.2. The molecule has 2 rings (SSSR count). The predicted molar refractivity (Wildman–Crippen MR) is 81.8 cm³/mol. The van der Waals surface area contributed by atoms with Crippen molar-refractivity contribution in [3.8, 4) is 11.4 Å². The Morgan fingerprint density at radius 1 is 1.25 bits per heavy atom. The van der Waals surface area contributed by atoms with E-state index in [0.29, 0.717) is 5.92 Å². The molecule has 20 heavy (non-hydrogen) atoms. The van der Waals surface area contributed by atoms with E-state index in [0.717, 1.165) is 40.7 Å². The zero-order chi connectivity index (χ0) is 14.9. The van der Waals surface area contributed by atoms with Gasteiger partial charge in [-0.25, -0.2) is 9.97 Å². The quantitative estimate of drug-likeness (QED) is 0.930. The normalized spacial score (nSPS) is 11.2. The Kier molecular flexibility index (Phi) is 4.06. The maximum absolute atomic E-state index is 4.72. The van der Waals surface area contributed by atoms with Gasteiger partial charge in [0.1, 0.15) is 5.82 Å². The molecule has 108 valence electrons. The van der Waals surface area contributed by atoms with Crippen LogP contribution < -0.4 is 5.32 Å². The van der Waals surface area contributed by atoms with Crippen molar-refractivity contribution in [1.29, 1.82) is 0 Å². The highest BCUT2D eigenvalue weighted by atomic mass is 15.3. The number of anilines is 1. The van der Waals surface area contributed by atoms with E-state index in [1.807, 2.05) is 38.7 Å². The average Bonchev–Trinajstić information content (AvgIpc) is 2.62. The van der Waals surface area contributed by atoms with Crippen molar-refractivity contribution in [2.75, 3.05) is 12.4 Å². The van der Waals surface area contributed by atoms with Crippen LogP contribution in [0.15, 0.2) is 6.07 Å². The lowest BCUT2D eigenvalue weighted by atomic mass is 10.1. The Bertz CT molecular complexity index is 613. The van der Waals surface area contributed by atoms with Gasteiger partial charge in [0.25, 0.3) is 0 Å². The smallest absolute Gasteiger partial charge is 0.165 e. The summed E-state index contributed by atoms with van der Waals surface area (Å²) < 4.78 is 1.88. The third-order valence-corrected chi connectivity index (χ3v) is 3.39. The standard InChI is InChI=1S/C15H23N5/c1-9(2)7-12-8-13(16-5)18-15(17-12)14-10(3)19-20(6)11(14)4/h8-9H,7H2,1-6H3,(H,16,17,18). The van der Waals surface area contributed by atoms with E-state index >= 15 is 0 Å². The summed E-state index contributed by atoms with van der Waals surface area (Å²) >= 11 is 0. The summed E-state index contributed by atoms with van der Waals surface area (Å²) in [6.45, 7) is 8.44. The molecular formula is C15H23N5. The second-order valence-corrected chi connectivity index (χ2v) is 5.59. The maximum atomic E-state index is 4.72. The first-order chi connectivity index (χ1) is 9.42. The highest BCUT2D eigenvalue weighted by Gasteiger charge is 2.16. The Hall–Kier alpha value is -1.91. The summed E-state index contributed by atoms with van der Waals surface area (Å²) in [6.07, 6.45) is 0.947. The van der Waals surface area contributed by atoms with Crippen molar-refractivity contribution < 1.29 is 0 Å². The van der Waals surface area contributed by atoms with Crippen LogP contribution in [0.1, 0.15) is 30.9 Å². The molecule has 0 unspecified atom stereocenters. The molecule has 0 saturated carbocycles. The van der Waals surface area contributed by atoms with E-state index in [1.54, 1.807) is 0 Å². The summed E-state index contributed by atoms with van der Waals surface area (Å²) in [5.74, 6) is 2.18. The third-order valence-electron chi connectivity index (χ3n) is 3.39. The van der Waals surface area contributed by atoms with Gasteiger partial charge in [-0.3, -0.25) is 4.68 Å². The van der Waals surface area contributed by atoms with Gasteiger partial charge >= 0.3 is 0 Å². The van der Waals surface area contributed by atoms with Gasteiger partial charge in [-0.05, 0) is 26.2 Å². The summed E-state index contributed by atoms with van der Waals surface area (Å²) in [5.41, 5.74) is 4.16. The van der Waals surface area contributed by atoms with Crippen molar-refractivity contribution in [2.45, 2.75) is 34.1 Å². The summed E-state index contributed by atoms with van der Waals surface area (Å²) in [4.78, 5) is 9.31. The van der Waals surface area contributed by atoms with E-state index in [9.17, 15) is 0 Å². The molecule has 2 heterocycles. The highest BCUT2D eigenvalue weighted by Crippen LogP contribution is 2.25. The topological polar surface area (TPSA) is 55.6 Å². The average molecular weight is 273 g/mol. The molecule has 0 bridgehead atoms. The van der Waals surface area contributed by atoms with Crippen molar-refractivity contribution in [3.63, 3.8) is 0 Å². The lowest BCUT2D eigenvalue weighted by Gasteiger charge is -2.10. The van der Waals surface area contributed by atoms with Gasteiger partial charge in [0.15, 0.2) is 5.82 Å². The first-order valence-electron chi connectivity index (χ1n) is 6.98. The molecule has 0 atom stereocenters. The fraction of sp³-hybridized carbons (Fsp3) is 0.533. The molecular weight excluding hydrogens is 250 g/mol. The van der Waals surface area contributed by atoms with E-state index in [4.69, 9.17) is 4.98 Å². The predicted octanol–water partition coefficient (Wildman–Crippen LogP) is 2.73. The highest BCUT2D eigenvalue weighted by molar-refractivity contribution is 5.63. The third kappa shape index (κ3) is 2.81. The van der Waals surface area contributed by atoms with Gasteiger partial charge in [0, 0.05) is 31.5 Å². The molecule has 1 N–H and O–H groups in total. The molecule has 0 radical (unpaired) electrons. The SMILES string of the molecule is CNc1cc(CC(C)C)nc(-c2c(C)nn(C)c2C)n1.